The number of ether oxygens (including phenoxy) is 1. The fraction of sp³-hybridized carbons (Fsp3) is 1.00. The molecule has 0 aliphatic carbocycles. The molecule has 0 aromatic carbocycles. The minimum Gasteiger partial charge on any atom is -0.383 e. The van der Waals surface area contributed by atoms with E-state index >= 15 is 0 Å². The van der Waals surface area contributed by atoms with Crippen LogP contribution in [0.15, 0.2) is 0 Å². The molecule has 1 heterocycles. The molecule has 0 radical (unpaired) electrons. The number of nitrogens with one attached hydrogen (secondary N) is 1. The molecule has 1 rings (SSSR count). The number of rotatable bonds is 6. The van der Waals surface area contributed by atoms with Crippen molar-refractivity contribution in [1.29, 1.82) is 0 Å². The quantitative estimate of drug-likeness (QED) is 0.789. The zero-order valence-corrected chi connectivity index (χ0v) is 13.1. The first-order valence-electron chi connectivity index (χ1n) is 7.43. The molecule has 0 amide bonds. The average molecular weight is 256 g/mol. The van der Waals surface area contributed by atoms with Crippen molar-refractivity contribution >= 4 is 0 Å². The average Bonchev–Trinajstić information content (AvgIpc) is 2.28. The Morgan fingerprint density at radius 3 is 2.39 bits per heavy atom. The van der Waals surface area contributed by atoms with Crippen LogP contribution in [0, 0.1) is 11.8 Å². The zero-order chi connectivity index (χ0) is 13.7. The van der Waals surface area contributed by atoms with Gasteiger partial charge in [0.1, 0.15) is 0 Å². The normalized spacial score (nSPS) is 28.0. The van der Waals surface area contributed by atoms with Crippen molar-refractivity contribution in [3.63, 3.8) is 0 Å². The van der Waals surface area contributed by atoms with Gasteiger partial charge in [-0.05, 0) is 25.2 Å². The lowest BCUT2D eigenvalue weighted by Gasteiger charge is -2.45. The van der Waals surface area contributed by atoms with Crippen LogP contribution in [0.2, 0.25) is 0 Å². The first kappa shape index (κ1) is 15.9. The van der Waals surface area contributed by atoms with E-state index in [1.165, 1.54) is 6.42 Å². The van der Waals surface area contributed by atoms with Crippen LogP contribution >= 0.6 is 0 Å². The lowest BCUT2D eigenvalue weighted by Crippen LogP contribution is -2.61. The van der Waals surface area contributed by atoms with Gasteiger partial charge in [0.05, 0.1) is 6.61 Å². The van der Waals surface area contributed by atoms with Crippen molar-refractivity contribution in [3.8, 4) is 0 Å². The molecule has 3 atom stereocenters. The number of piperazine rings is 1. The van der Waals surface area contributed by atoms with Gasteiger partial charge in [0.15, 0.2) is 0 Å². The number of hydrogen-bond donors (Lipinski definition) is 1. The predicted octanol–water partition coefficient (Wildman–Crippen LogP) is 2.37. The molecule has 108 valence electrons. The zero-order valence-electron chi connectivity index (χ0n) is 13.1. The standard InChI is InChI=1S/C15H32N2O/c1-11(2)7-14-9-17(13(5)10-18-6)15(8-16-14)12(3)4/h11-16H,7-10H2,1-6H3. The monoisotopic (exact) mass is 256 g/mol. The highest BCUT2D eigenvalue weighted by atomic mass is 16.5. The fourth-order valence-electron chi connectivity index (χ4n) is 3.05. The van der Waals surface area contributed by atoms with Crippen LogP contribution in [0.25, 0.3) is 0 Å². The van der Waals surface area contributed by atoms with Gasteiger partial charge in [-0.3, -0.25) is 4.90 Å². The van der Waals surface area contributed by atoms with Gasteiger partial charge in [-0.15, -0.1) is 0 Å². The molecule has 18 heavy (non-hydrogen) atoms. The van der Waals surface area contributed by atoms with Gasteiger partial charge in [-0.1, -0.05) is 27.7 Å². The topological polar surface area (TPSA) is 24.5 Å². The molecular weight excluding hydrogens is 224 g/mol. The maximum Gasteiger partial charge on any atom is 0.0615 e. The van der Waals surface area contributed by atoms with Gasteiger partial charge in [0.2, 0.25) is 0 Å². The van der Waals surface area contributed by atoms with Crippen molar-refractivity contribution in [3.05, 3.63) is 0 Å². The minimum atomic E-state index is 0.513. The van der Waals surface area contributed by atoms with Crippen LogP contribution in [-0.4, -0.2) is 49.8 Å². The SMILES string of the molecule is COCC(C)N1CC(CC(C)C)NCC1C(C)C. The molecule has 1 aliphatic rings. The second kappa shape index (κ2) is 7.46. The van der Waals surface area contributed by atoms with E-state index in [9.17, 15) is 0 Å². The second-order valence-corrected chi connectivity index (χ2v) is 6.55. The lowest BCUT2D eigenvalue weighted by molar-refractivity contribution is 0.0214. The van der Waals surface area contributed by atoms with Crippen LogP contribution in [0.4, 0.5) is 0 Å². The Morgan fingerprint density at radius 2 is 1.89 bits per heavy atom. The first-order chi connectivity index (χ1) is 8.45. The van der Waals surface area contributed by atoms with Crippen LogP contribution in [0.1, 0.15) is 41.0 Å². The van der Waals surface area contributed by atoms with Gasteiger partial charge in [0, 0.05) is 38.3 Å². The Hall–Kier alpha value is -0.120. The largest absolute Gasteiger partial charge is 0.383 e. The van der Waals surface area contributed by atoms with Crippen molar-refractivity contribution in [1.82, 2.24) is 10.2 Å². The number of hydrogen-bond acceptors (Lipinski definition) is 3. The van der Waals surface area contributed by atoms with Gasteiger partial charge < -0.3 is 10.1 Å². The van der Waals surface area contributed by atoms with E-state index in [4.69, 9.17) is 4.74 Å². The van der Waals surface area contributed by atoms with Crippen molar-refractivity contribution < 1.29 is 4.74 Å². The number of methoxy groups -OCH3 is 1. The van der Waals surface area contributed by atoms with Gasteiger partial charge in [0.25, 0.3) is 0 Å². The molecule has 0 spiro atoms. The summed E-state index contributed by atoms with van der Waals surface area (Å²) in [7, 11) is 1.80. The van der Waals surface area contributed by atoms with Crippen molar-refractivity contribution in [2.75, 3.05) is 26.8 Å². The third-order valence-electron chi connectivity index (χ3n) is 3.97. The summed E-state index contributed by atoms with van der Waals surface area (Å²) in [5, 5.41) is 3.73. The third kappa shape index (κ3) is 4.52. The van der Waals surface area contributed by atoms with Crippen LogP contribution in [0.5, 0.6) is 0 Å². The summed E-state index contributed by atoms with van der Waals surface area (Å²) in [5.74, 6) is 1.45. The highest BCUT2D eigenvalue weighted by molar-refractivity contribution is 4.90. The fourth-order valence-corrected chi connectivity index (χ4v) is 3.05. The van der Waals surface area contributed by atoms with Crippen LogP contribution in [0.3, 0.4) is 0 Å². The third-order valence-corrected chi connectivity index (χ3v) is 3.97. The Balaban J connectivity index is 2.63. The second-order valence-electron chi connectivity index (χ2n) is 6.55. The predicted molar refractivity (Wildman–Crippen MR) is 77.9 cm³/mol. The summed E-state index contributed by atoms with van der Waals surface area (Å²) in [5.41, 5.74) is 0. The molecular formula is C15H32N2O. The smallest absolute Gasteiger partial charge is 0.0615 e. The highest BCUT2D eigenvalue weighted by Crippen LogP contribution is 2.20. The van der Waals surface area contributed by atoms with E-state index in [1.807, 2.05) is 0 Å². The summed E-state index contributed by atoms with van der Waals surface area (Å²) in [6.45, 7) is 14.6. The number of nitrogens with zero attached hydrogens (tertiary/aromatic N) is 1. The highest BCUT2D eigenvalue weighted by Gasteiger charge is 2.32. The summed E-state index contributed by atoms with van der Waals surface area (Å²) in [6.07, 6.45) is 1.26. The molecule has 3 nitrogen and oxygen atoms in total. The summed E-state index contributed by atoms with van der Waals surface area (Å²) < 4.78 is 5.34. The molecule has 1 fully saturated rings. The van der Waals surface area contributed by atoms with Crippen LogP contribution < -0.4 is 5.32 Å². The van der Waals surface area contributed by atoms with Gasteiger partial charge >= 0.3 is 0 Å². The molecule has 3 unspecified atom stereocenters. The summed E-state index contributed by atoms with van der Waals surface area (Å²) in [4.78, 5) is 2.65. The molecule has 1 saturated heterocycles. The van der Waals surface area contributed by atoms with Crippen molar-refractivity contribution in [2.45, 2.75) is 59.2 Å². The summed E-state index contributed by atoms with van der Waals surface area (Å²) >= 11 is 0. The van der Waals surface area contributed by atoms with E-state index in [0.29, 0.717) is 24.0 Å². The summed E-state index contributed by atoms with van der Waals surface area (Å²) in [6, 6.07) is 1.79. The van der Waals surface area contributed by atoms with Crippen molar-refractivity contribution in [2.24, 2.45) is 11.8 Å². The van der Waals surface area contributed by atoms with E-state index in [-0.39, 0.29) is 0 Å². The van der Waals surface area contributed by atoms with E-state index in [0.717, 1.165) is 25.6 Å². The minimum absolute atomic E-state index is 0.513. The Kier molecular flexibility index (Phi) is 6.61. The van der Waals surface area contributed by atoms with E-state index in [1.54, 1.807) is 7.11 Å². The molecule has 0 aromatic heterocycles. The van der Waals surface area contributed by atoms with Gasteiger partial charge in [-0.25, -0.2) is 0 Å². The van der Waals surface area contributed by atoms with Crippen LogP contribution in [-0.2, 0) is 4.74 Å². The molecule has 0 aromatic rings. The molecule has 0 bridgehead atoms. The Labute approximate surface area is 113 Å². The maximum absolute atomic E-state index is 5.34. The molecule has 0 saturated carbocycles. The molecule has 3 heteroatoms. The maximum atomic E-state index is 5.34. The van der Waals surface area contributed by atoms with E-state index in [2.05, 4.69) is 44.8 Å². The first-order valence-corrected chi connectivity index (χ1v) is 7.43. The van der Waals surface area contributed by atoms with Gasteiger partial charge in [-0.2, -0.15) is 0 Å². The molecule has 1 N–H and O–H groups in total. The lowest BCUT2D eigenvalue weighted by atomic mass is 9.93. The molecule has 1 aliphatic heterocycles. The van der Waals surface area contributed by atoms with E-state index < -0.39 is 0 Å². The Bertz CT molecular complexity index is 231. The Morgan fingerprint density at radius 1 is 1.22 bits per heavy atom.